The van der Waals surface area contributed by atoms with Crippen molar-refractivity contribution in [1.29, 1.82) is 0 Å². The zero-order chi connectivity index (χ0) is 25.7. The first-order valence-corrected chi connectivity index (χ1v) is 12.2. The molecule has 4 aromatic rings. The number of nitro groups is 1. The Morgan fingerprint density at radius 3 is 2.50 bits per heavy atom. The molecule has 36 heavy (non-hydrogen) atoms. The van der Waals surface area contributed by atoms with Gasteiger partial charge in [0.2, 0.25) is 0 Å². The summed E-state index contributed by atoms with van der Waals surface area (Å²) >= 11 is 1.47. The minimum atomic E-state index is -0.479. The molecule has 0 saturated heterocycles. The maximum atomic E-state index is 12.8. The summed E-state index contributed by atoms with van der Waals surface area (Å²) in [6, 6.07) is 20.7. The molecule has 1 unspecified atom stereocenters. The maximum absolute atomic E-state index is 12.8. The second kappa shape index (κ2) is 11.0. The van der Waals surface area contributed by atoms with Crippen molar-refractivity contribution in [1.82, 2.24) is 20.1 Å². The van der Waals surface area contributed by atoms with Crippen molar-refractivity contribution in [3.63, 3.8) is 0 Å². The van der Waals surface area contributed by atoms with Gasteiger partial charge >= 0.3 is 0 Å². The van der Waals surface area contributed by atoms with Gasteiger partial charge in [-0.1, -0.05) is 41.6 Å². The SMILES string of the molecule is COc1cccc(CSc2nnc(C(C)NC(=O)c3ccc(C)cc3)n2-c2ccc([N+](=O)[O-])cc2)c1. The van der Waals surface area contributed by atoms with Crippen LogP contribution < -0.4 is 10.1 Å². The molecule has 9 nitrogen and oxygen atoms in total. The van der Waals surface area contributed by atoms with Crippen molar-refractivity contribution < 1.29 is 14.5 Å². The lowest BCUT2D eigenvalue weighted by molar-refractivity contribution is -0.384. The van der Waals surface area contributed by atoms with Crippen LogP contribution in [-0.4, -0.2) is 32.7 Å². The van der Waals surface area contributed by atoms with Gasteiger partial charge in [-0.05, 0) is 55.8 Å². The molecule has 184 valence electrons. The highest BCUT2D eigenvalue weighted by molar-refractivity contribution is 7.98. The molecule has 1 aromatic heterocycles. The molecule has 10 heteroatoms. The summed E-state index contributed by atoms with van der Waals surface area (Å²) in [6.45, 7) is 3.79. The second-order valence-electron chi connectivity index (χ2n) is 8.15. The van der Waals surface area contributed by atoms with E-state index in [1.807, 2.05) is 54.8 Å². The fraction of sp³-hybridized carbons (Fsp3) is 0.192. The molecular weight excluding hydrogens is 478 g/mol. The predicted molar refractivity (Wildman–Crippen MR) is 138 cm³/mol. The number of ether oxygens (including phenoxy) is 1. The molecule has 3 aromatic carbocycles. The molecule has 1 N–H and O–H groups in total. The van der Waals surface area contributed by atoms with Crippen LogP contribution in [0.5, 0.6) is 5.75 Å². The third kappa shape index (κ3) is 5.72. The molecule has 1 amide bonds. The van der Waals surface area contributed by atoms with E-state index in [-0.39, 0.29) is 11.6 Å². The number of rotatable bonds is 9. The Bertz CT molecular complexity index is 1370. The quantitative estimate of drug-likeness (QED) is 0.188. The number of non-ortho nitro benzene ring substituents is 1. The number of nitro benzene ring substituents is 1. The number of nitrogens with zero attached hydrogens (tertiary/aromatic N) is 4. The summed E-state index contributed by atoms with van der Waals surface area (Å²) in [5, 5.41) is 23.5. The summed E-state index contributed by atoms with van der Waals surface area (Å²) < 4.78 is 7.12. The third-order valence-corrected chi connectivity index (χ3v) is 6.53. The number of aromatic nitrogens is 3. The predicted octanol–water partition coefficient (Wildman–Crippen LogP) is 5.28. The van der Waals surface area contributed by atoms with E-state index in [1.54, 1.807) is 31.4 Å². The zero-order valence-electron chi connectivity index (χ0n) is 20.0. The van der Waals surface area contributed by atoms with Crippen LogP contribution in [-0.2, 0) is 5.75 Å². The van der Waals surface area contributed by atoms with Gasteiger partial charge in [0.25, 0.3) is 11.6 Å². The van der Waals surface area contributed by atoms with E-state index >= 15 is 0 Å². The summed E-state index contributed by atoms with van der Waals surface area (Å²) in [6.07, 6.45) is 0. The van der Waals surface area contributed by atoms with Crippen LogP contribution in [0.3, 0.4) is 0 Å². The fourth-order valence-corrected chi connectivity index (χ4v) is 4.48. The minimum absolute atomic E-state index is 0.0142. The zero-order valence-corrected chi connectivity index (χ0v) is 20.9. The Labute approximate surface area is 212 Å². The van der Waals surface area contributed by atoms with Crippen molar-refractivity contribution in [2.45, 2.75) is 30.8 Å². The number of carbonyl (C=O) groups is 1. The lowest BCUT2D eigenvalue weighted by Gasteiger charge is -2.16. The molecule has 0 aliphatic rings. The van der Waals surface area contributed by atoms with Crippen LogP contribution >= 0.6 is 11.8 Å². The smallest absolute Gasteiger partial charge is 0.269 e. The van der Waals surface area contributed by atoms with Gasteiger partial charge in [-0.2, -0.15) is 0 Å². The molecule has 0 radical (unpaired) electrons. The second-order valence-corrected chi connectivity index (χ2v) is 9.09. The van der Waals surface area contributed by atoms with Crippen LogP contribution in [0.1, 0.15) is 40.3 Å². The average molecular weight is 504 g/mol. The number of nitrogens with one attached hydrogen (secondary N) is 1. The van der Waals surface area contributed by atoms with E-state index in [9.17, 15) is 14.9 Å². The molecule has 0 spiro atoms. The Balaban J connectivity index is 1.63. The average Bonchev–Trinajstić information content (AvgIpc) is 3.32. The van der Waals surface area contributed by atoms with Crippen LogP contribution in [0.2, 0.25) is 0 Å². The van der Waals surface area contributed by atoms with E-state index in [0.29, 0.717) is 28.0 Å². The Morgan fingerprint density at radius 2 is 1.83 bits per heavy atom. The number of aryl methyl sites for hydroxylation is 1. The first-order chi connectivity index (χ1) is 17.4. The van der Waals surface area contributed by atoms with Crippen molar-refractivity contribution in [2.75, 3.05) is 7.11 Å². The number of benzene rings is 3. The summed E-state index contributed by atoms with van der Waals surface area (Å²) in [7, 11) is 1.62. The van der Waals surface area contributed by atoms with E-state index in [0.717, 1.165) is 16.9 Å². The molecule has 0 aliphatic carbocycles. The third-order valence-electron chi connectivity index (χ3n) is 5.53. The molecule has 0 fully saturated rings. The lowest BCUT2D eigenvalue weighted by Crippen LogP contribution is -2.28. The highest BCUT2D eigenvalue weighted by Gasteiger charge is 2.22. The van der Waals surface area contributed by atoms with E-state index < -0.39 is 11.0 Å². The number of hydrogen-bond donors (Lipinski definition) is 1. The molecule has 0 bridgehead atoms. The van der Waals surface area contributed by atoms with Crippen molar-refractivity contribution in [3.8, 4) is 11.4 Å². The van der Waals surface area contributed by atoms with E-state index in [4.69, 9.17) is 4.74 Å². The summed E-state index contributed by atoms with van der Waals surface area (Å²) in [5.41, 5.74) is 3.29. The maximum Gasteiger partial charge on any atom is 0.269 e. The molecular formula is C26H25N5O4S. The molecule has 1 heterocycles. The van der Waals surface area contributed by atoms with Gasteiger partial charge in [-0.3, -0.25) is 19.5 Å². The van der Waals surface area contributed by atoms with Gasteiger partial charge in [0.15, 0.2) is 11.0 Å². The summed E-state index contributed by atoms with van der Waals surface area (Å²) in [4.78, 5) is 23.5. The summed E-state index contributed by atoms with van der Waals surface area (Å²) in [5.74, 6) is 1.65. The Kier molecular flexibility index (Phi) is 7.65. The monoisotopic (exact) mass is 503 g/mol. The standard InChI is InChI=1S/C26H25N5O4S/c1-17-7-9-20(10-8-17)25(32)27-18(2)24-28-29-26(36-16-19-5-4-6-23(15-19)35-3)30(24)21-11-13-22(14-12-21)31(33)34/h4-15,18H,16H2,1-3H3,(H,27,32). The highest BCUT2D eigenvalue weighted by atomic mass is 32.2. The van der Waals surface area contributed by atoms with Crippen molar-refractivity contribution in [2.24, 2.45) is 0 Å². The van der Waals surface area contributed by atoms with E-state index in [2.05, 4.69) is 15.5 Å². The number of hydrogen-bond acceptors (Lipinski definition) is 7. The van der Waals surface area contributed by atoms with Crippen LogP contribution in [0, 0.1) is 17.0 Å². The van der Waals surface area contributed by atoms with Gasteiger partial charge in [-0.25, -0.2) is 0 Å². The highest BCUT2D eigenvalue weighted by Crippen LogP contribution is 2.29. The minimum Gasteiger partial charge on any atom is -0.497 e. The number of thioether (sulfide) groups is 1. The number of amides is 1. The van der Waals surface area contributed by atoms with Gasteiger partial charge in [0.05, 0.1) is 18.1 Å². The van der Waals surface area contributed by atoms with E-state index in [1.165, 1.54) is 23.9 Å². The first-order valence-electron chi connectivity index (χ1n) is 11.2. The van der Waals surface area contributed by atoms with Crippen LogP contribution in [0.4, 0.5) is 5.69 Å². The van der Waals surface area contributed by atoms with Crippen LogP contribution in [0.15, 0.2) is 78.0 Å². The topological polar surface area (TPSA) is 112 Å². The Hall–Kier alpha value is -4.18. The number of methoxy groups -OCH3 is 1. The molecule has 1 atom stereocenters. The van der Waals surface area contributed by atoms with Crippen molar-refractivity contribution >= 4 is 23.4 Å². The Morgan fingerprint density at radius 1 is 1.11 bits per heavy atom. The normalized spacial score (nSPS) is 11.6. The van der Waals surface area contributed by atoms with Gasteiger partial charge < -0.3 is 10.1 Å². The van der Waals surface area contributed by atoms with Gasteiger partial charge in [0, 0.05) is 29.1 Å². The van der Waals surface area contributed by atoms with Crippen LogP contribution in [0.25, 0.3) is 5.69 Å². The molecule has 4 rings (SSSR count). The molecule has 0 aliphatic heterocycles. The van der Waals surface area contributed by atoms with Crippen molar-refractivity contribution in [3.05, 3.63) is 105 Å². The first kappa shape index (κ1) is 24.9. The number of carbonyl (C=O) groups excluding carboxylic acids is 1. The van der Waals surface area contributed by atoms with Gasteiger partial charge in [-0.15, -0.1) is 10.2 Å². The lowest BCUT2D eigenvalue weighted by atomic mass is 10.1. The largest absolute Gasteiger partial charge is 0.497 e. The fourth-order valence-electron chi connectivity index (χ4n) is 3.58. The molecule has 0 saturated carbocycles. The van der Waals surface area contributed by atoms with Gasteiger partial charge in [0.1, 0.15) is 5.75 Å².